The average Bonchev–Trinajstić information content (AvgIpc) is 3.10. The van der Waals surface area contributed by atoms with Gasteiger partial charge in [-0.2, -0.15) is 0 Å². The largest absolute Gasteiger partial charge is 0.454 e. The molecule has 0 unspecified atom stereocenters. The number of ether oxygens (including phenoxy) is 2. The Morgan fingerprint density at radius 3 is 2.31 bits per heavy atom. The maximum Gasteiger partial charge on any atom is 0.338 e. The van der Waals surface area contributed by atoms with E-state index in [2.05, 4.69) is 5.32 Å². The lowest BCUT2D eigenvalue weighted by atomic mass is 10.1. The van der Waals surface area contributed by atoms with Crippen LogP contribution in [0.25, 0.3) is 0 Å². The van der Waals surface area contributed by atoms with Gasteiger partial charge in [0.15, 0.2) is 6.10 Å². The third-order valence-corrected chi connectivity index (χ3v) is 4.22. The van der Waals surface area contributed by atoms with Crippen LogP contribution in [-0.2, 0) is 14.3 Å². The van der Waals surface area contributed by atoms with E-state index < -0.39 is 6.10 Å². The lowest BCUT2D eigenvalue weighted by Crippen LogP contribution is -2.37. The number of esters is 1. The number of carbonyl (C=O) groups excluding carboxylic acids is 2. The molecule has 0 aliphatic heterocycles. The molecule has 3 atom stereocenters. The number of rotatable bonds is 6. The van der Waals surface area contributed by atoms with Gasteiger partial charge in [-0.3, -0.25) is 4.79 Å². The van der Waals surface area contributed by atoms with Crippen LogP contribution in [0.4, 0.5) is 0 Å². The molecule has 0 fully saturated rings. The molecule has 3 rings (SSSR count). The minimum absolute atomic E-state index is 0.197. The van der Waals surface area contributed by atoms with Crippen molar-refractivity contribution < 1.29 is 19.1 Å². The fourth-order valence-electron chi connectivity index (χ4n) is 2.92. The topological polar surface area (TPSA) is 64.6 Å². The summed E-state index contributed by atoms with van der Waals surface area (Å²) in [6.07, 6.45) is 3.13. The molecule has 26 heavy (non-hydrogen) atoms. The van der Waals surface area contributed by atoms with Crippen molar-refractivity contribution >= 4 is 11.9 Å². The highest BCUT2D eigenvalue weighted by molar-refractivity contribution is 5.89. The van der Waals surface area contributed by atoms with Gasteiger partial charge in [0.05, 0.1) is 11.6 Å². The molecule has 1 N–H and O–H groups in total. The van der Waals surface area contributed by atoms with Crippen molar-refractivity contribution in [2.75, 3.05) is 7.11 Å². The highest BCUT2D eigenvalue weighted by atomic mass is 16.5. The first kappa shape index (κ1) is 17.9. The third kappa shape index (κ3) is 4.37. The molecule has 5 nitrogen and oxygen atoms in total. The molecule has 0 saturated heterocycles. The molecule has 0 radical (unpaired) electrons. The summed E-state index contributed by atoms with van der Waals surface area (Å²) in [6, 6.07) is 18.0. The van der Waals surface area contributed by atoms with E-state index >= 15 is 0 Å². The predicted octanol–water partition coefficient (Wildman–Crippen LogP) is 3.04. The van der Waals surface area contributed by atoms with Crippen LogP contribution in [0.1, 0.15) is 28.4 Å². The molecular formula is C21H21NO4. The van der Waals surface area contributed by atoms with E-state index in [0.717, 1.165) is 5.56 Å². The van der Waals surface area contributed by atoms with Gasteiger partial charge >= 0.3 is 5.97 Å². The monoisotopic (exact) mass is 351 g/mol. The van der Waals surface area contributed by atoms with Crippen LogP contribution in [0, 0.1) is 0 Å². The molecule has 0 saturated carbocycles. The first-order valence-electron chi connectivity index (χ1n) is 8.50. The number of carbonyl (C=O) groups is 2. The van der Waals surface area contributed by atoms with Crippen molar-refractivity contribution in [3.8, 4) is 0 Å². The van der Waals surface area contributed by atoms with Crippen molar-refractivity contribution in [2.24, 2.45) is 0 Å². The van der Waals surface area contributed by atoms with Crippen LogP contribution < -0.4 is 5.32 Å². The molecule has 0 heterocycles. The summed E-state index contributed by atoms with van der Waals surface area (Å²) < 4.78 is 10.8. The fourth-order valence-corrected chi connectivity index (χ4v) is 2.92. The first-order chi connectivity index (χ1) is 12.7. The number of amides is 1. The normalized spacial score (nSPS) is 19.7. The van der Waals surface area contributed by atoms with Crippen LogP contribution in [0.5, 0.6) is 0 Å². The van der Waals surface area contributed by atoms with Gasteiger partial charge in [0.25, 0.3) is 5.91 Å². The standard InChI is InChI=1S/C21H21NO4/c1-25-19(15-8-4-2-5-9-15)20(23)22-17-12-13-18(14-17)26-21(24)16-10-6-3-7-11-16/h2-13,17-19H,14H2,1H3,(H,22,23)/t17-,18+,19+/m1/s1. The van der Waals surface area contributed by atoms with Gasteiger partial charge in [-0.25, -0.2) is 4.79 Å². The lowest BCUT2D eigenvalue weighted by molar-refractivity contribution is -0.131. The summed E-state index contributed by atoms with van der Waals surface area (Å²) in [4.78, 5) is 24.6. The van der Waals surface area contributed by atoms with Gasteiger partial charge in [0.2, 0.25) is 0 Å². The van der Waals surface area contributed by atoms with Crippen molar-refractivity contribution in [2.45, 2.75) is 24.7 Å². The Bertz CT molecular complexity index is 773. The third-order valence-electron chi connectivity index (χ3n) is 4.22. The smallest absolute Gasteiger partial charge is 0.338 e. The van der Waals surface area contributed by atoms with E-state index in [1.165, 1.54) is 7.11 Å². The van der Waals surface area contributed by atoms with Gasteiger partial charge in [0.1, 0.15) is 6.10 Å². The molecule has 1 amide bonds. The Morgan fingerprint density at radius 1 is 1.00 bits per heavy atom. The fraction of sp³-hybridized carbons (Fsp3) is 0.238. The summed E-state index contributed by atoms with van der Waals surface area (Å²) in [5.41, 5.74) is 1.30. The summed E-state index contributed by atoms with van der Waals surface area (Å²) in [5, 5.41) is 2.93. The second-order valence-corrected chi connectivity index (χ2v) is 6.07. The summed E-state index contributed by atoms with van der Waals surface area (Å²) in [6.45, 7) is 0. The van der Waals surface area contributed by atoms with E-state index in [0.29, 0.717) is 12.0 Å². The highest BCUT2D eigenvalue weighted by Crippen LogP contribution is 2.20. The van der Waals surface area contributed by atoms with Crippen LogP contribution in [-0.4, -0.2) is 31.1 Å². The molecule has 2 aromatic carbocycles. The molecule has 0 bridgehead atoms. The Balaban J connectivity index is 1.53. The number of nitrogens with one attached hydrogen (secondary N) is 1. The van der Waals surface area contributed by atoms with Crippen LogP contribution in [0.2, 0.25) is 0 Å². The van der Waals surface area contributed by atoms with E-state index in [4.69, 9.17) is 9.47 Å². The van der Waals surface area contributed by atoms with Crippen LogP contribution in [0.3, 0.4) is 0 Å². The van der Waals surface area contributed by atoms with E-state index in [-0.39, 0.29) is 24.0 Å². The second kappa shape index (κ2) is 8.45. The van der Waals surface area contributed by atoms with Crippen molar-refractivity contribution in [3.63, 3.8) is 0 Å². The molecule has 5 heteroatoms. The van der Waals surface area contributed by atoms with Crippen LogP contribution in [0.15, 0.2) is 72.8 Å². The zero-order chi connectivity index (χ0) is 18.4. The summed E-state index contributed by atoms with van der Waals surface area (Å²) in [7, 11) is 1.51. The van der Waals surface area contributed by atoms with Gasteiger partial charge in [-0.15, -0.1) is 0 Å². The van der Waals surface area contributed by atoms with E-state index in [1.807, 2.05) is 42.5 Å². The molecule has 134 valence electrons. The molecule has 0 aromatic heterocycles. The predicted molar refractivity (Wildman–Crippen MR) is 97.5 cm³/mol. The van der Waals surface area contributed by atoms with Gasteiger partial charge in [-0.05, 0) is 23.8 Å². The zero-order valence-corrected chi connectivity index (χ0v) is 14.5. The van der Waals surface area contributed by atoms with Gasteiger partial charge < -0.3 is 14.8 Å². The van der Waals surface area contributed by atoms with Gasteiger partial charge in [0, 0.05) is 13.5 Å². The lowest BCUT2D eigenvalue weighted by Gasteiger charge is -2.19. The summed E-state index contributed by atoms with van der Waals surface area (Å²) in [5.74, 6) is -0.588. The Labute approximate surface area is 152 Å². The molecule has 1 aliphatic rings. The average molecular weight is 351 g/mol. The minimum atomic E-state index is -0.671. The number of hydrogen-bond donors (Lipinski definition) is 1. The van der Waals surface area contributed by atoms with Crippen LogP contribution >= 0.6 is 0 Å². The van der Waals surface area contributed by atoms with E-state index in [9.17, 15) is 9.59 Å². The Kier molecular flexibility index (Phi) is 5.81. The number of hydrogen-bond acceptors (Lipinski definition) is 4. The van der Waals surface area contributed by atoms with Crippen molar-refractivity contribution in [3.05, 3.63) is 83.9 Å². The molecule has 1 aliphatic carbocycles. The number of methoxy groups -OCH3 is 1. The second-order valence-electron chi connectivity index (χ2n) is 6.07. The van der Waals surface area contributed by atoms with Gasteiger partial charge in [-0.1, -0.05) is 54.6 Å². The molecule has 0 spiro atoms. The maximum atomic E-state index is 12.5. The maximum absolute atomic E-state index is 12.5. The Morgan fingerprint density at radius 2 is 1.65 bits per heavy atom. The van der Waals surface area contributed by atoms with Crippen molar-refractivity contribution in [1.29, 1.82) is 0 Å². The van der Waals surface area contributed by atoms with Crippen molar-refractivity contribution in [1.82, 2.24) is 5.32 Å². The first-order valence-corrected chi connectivity index (χ1v) is 8.50. The molecular weight excluding hydrogens is 330 g/mol. The number of benzene rings is 2. The zero-order valence-electron chi connectivity index (χ0n) is 14.5. The quantitative estimate of drug-likeness (QED) is 0.642. The molecule has 2 aromatic rings. The highest BCUT2D eigenvalue weighted by Gasteiger charge is 2.27. The SMILES string of the molecule is CO[C@H](C(=O)N[C@@H]1C=C[C@H](OC(=O)c2ccccc2)C1)c1ccccc1. The summed E-state index contributed by atoms with van der Waals surface area (Å²) >= 11 is 0. The van der Waals surface area contributed by atoms with E-state index in [1.54, 1.807) is 30.3 Å². The minimum Gasteiger partial charge on any atom is -0.454 e. The Hall–Kier alpha value is -2.92.